The number of H-pyrrole nitrogens is 1. The summed E-state index contributed by atoms with van der Waals surface area (Å²) in [6.07, 6.45) is 0.428. The number of methoxy groups -OCH3 is 1. The highest BCUT2D eigenvalue weighted by Gasteiger charge is 2.22. The summed E-state index contributed by atoms with van der Waals surface area (Å²) in [5, 5.41) is 6.45. The number of aryl methyl sites for hydroxylation is 2. The molecule has 0 aromatic carbocycles. The Morgan fingerprint density at radius 2 is 2.00 bits per heavy atom. The number of aromatic amines is 1. The van der Waals surface area contributed by atoms with E-state index >= 15 is 0 Å². The Bertz CT molecular complexity index is 750. The minimum Gasteiger partial charge on any atom is -0.460 e. The molecule has 0 saturated carbocycles. The predicted molar refractivity (Wildman–Crippen MR) is 87.5 cm³/mol. The highest BCUT2D eigenvalue weighted by molar-refractivity contribution is 6.00. The molecule has 0 atom stereocenters. The van der Waals surface area contributed by atoms with Crippen LogP contribution < -0.4 is 5.32 Å². The highest BCUT2D eigenvalue weighted by Crippen LogP contribution is 2.19. The summed E-state index contributed by atoms with van der Waals surface area (Å²) in [6.45, 7) is 5.96. The number of esters is 1. The molecule has 1 amide bonds. The second-order valence-electron chi connectivity index (χ2n) is 5.49. The van der Waals surface area contributed by atoms with Crippen molar-refractivity contribution in [2.45, 2.75) is 27.2 Å². The molecule has 0 aliphatic heterocycles. The average Bonchev–Trinajstić information content (AvgIpc) is 3.10. The molecule has 9 nitrogen and oxygen atoms in total. The average molecular weight is 350 g/mol. The van der Waals surface area contributed by atoms with E-state index in [9.17, 15) is 9.59 Å². The van der Waals surface area contributed by atoms with Crippen molar-refractivity contribution in [2.75, 3.05) is 26.9 Å². The van der Waals surface area contributed by atoms with Gasteiger partial charge in [-0.05, 0) is 26.3 Å². The second kappa shape index (κ2) is 8.43. The van der Waals surface area contributed by atoms with Crippen LogP contribution in [-0.2, 0) is 15.9 Å². The standard InChI is InChI=1S/C16H22N4O5/c1-9-13(16(22)24-8-7-23-4)10(2)18-14(9)15(21)17-6-5-12-19-11(3)20-25-12/h18H,5-8H2,1-4H3,(H,17,21). The Balaban J connectivity index is 1.97. The van der Waals surface area contributed by atoms with Gasteiger partial charge in [0.05, 0.1) is 12.2 Å². The number of carbonyl (C=O) groups is 2. The zero-order valence-corrected chi connectivity index (χ0v) is 14.8. The third-order valence-corrected chi connectivity index (χ3v) is 3.58. The van der Waals surface area contributed by atoms with E-state index in [0.717, 1.165) is 0 Å². The first-order chi connectivity index (χ1) is 11.9. The van der Waals surface area contributed by atoms with Gasteiger partial charge in [-0.3, -0.25) is 4.79 Å². The van der Waals surface area contributed by atoms with Gasteiger partial charge >= 0.3 is 5.97 Å². The lowest BCUT2D eigenvalue weighted by Crippen LogP contribution is -2.26. The van der Waals surface area contributed by atoms with Crippen molar-refractivity contribution >= 4 is 11.9 Å². The SMILES string of the molecule is COCCOC(=O)c1c(C)[nH]c(C(=O)NCCc2nc(C)no2)c1C. The van der Waals surface area contributed by atoms with Crippen molar-refractivity contribution in [2.24, 2.45) is 0 Å². The number of hydrogen-bond acceptors (Lipinski definition) is 7. The summed E-state index contributed by atoms with van der Waals surface area (Å²) < 4.78 is 15.0. The molecule has 0 unspecified atom stereocenters. The summed E-state index contributed by atoms with van der Waals surface area (Å²) in [5.41, 5.74) is 1.83. The summed E-state index contributed by atoms with van der Waals surface area (Å²) in [7, 11) is 1.53. The van der Waals surface area contributed by atoms with Crippen LogP contribution in [0, 0.1) is 20.8 Å². The minimum absolute atomic E-state index is 0.157. The molecule has 2 rings (SSSR count). The van der Waals surface area contributed by atoms with Gasteiger partial charge in [0, 0.05) is 25.8 Å². The predicted octanol–water partition coefficient (Wildman–Crippen LogP) is 1.10. The molecular weight excluding hydrogens is 328 g/mol. The number of amides is 1. The molecule has 0 aliphatic rings. The molecule has 0 aliphatic carbocycles. The lowest BCUT2D eigenvalue weighted by molar-refractivity contribution is 0.0387. The zero-order valence-electron chi connectivity index (χ0n) is 14.8. The Morgan fingerprint density at radius 1 is 1.24 bits per heavy atom. The monoisotopic (exact) mass is 350 g/mol. The first-order valence-electron chi connectivity index (χ1n) is 7.86. The summed E-state index contributed by atoms with van der Waals surface area (Å²) in [6, 6.07) is 0. The van der Waals surface area contributed by atoms with Crippen LogP contribution in [0.3, 0.4) is 0 Å². The summed E-state index contributed by atoms with van der Waals surface area (Å²) >= 11 is 0. The number of aromatic nitrogens is 3. The van der Waals surface area contributed by atoms with Crippen molar-refractivity contribution in [1.82, 2.24) is 20.4 Å². The number of carbonyl (C=O) groups excluding carboxylic acids is 2. The van der Waals surface area contributed by atoms with Gasteiger partial charge in [0.1, 0.15) is 12.3 Å². The Labute approximate surface area is 145 Å². The van der Waals surface area contributed by atoms with E-state index < -0.39 is 5.97 Å². The van der Waals surface area contributed by atoms with Gasteiger partial charge in [0.15, 0.2) is 5.82 Å². The molecule has 136 valence electrons. The molecule has 0 fully saturated rings. The topological polar surface area (TPSA) is 119 Å². The van der Waals surface area contributed by atoms with E-state index in [0.29, 0.717) is 53.8 Å². The van der Waals surface area contributed by atoms with Crippen LogP contribution in [0.25, 0.3) is 0 Å². The quantitative estimate of drug-likeness (QED) is 0.540. The number of nitrogens with zero attached hydrogens (tertiary/aromatic N) is 2. The molecule has 0 saturated heterocycles. The fraction of sp³-hybridized carbons (Fsp3) is 0.500. The van der Waals surface area contributed by atoms with Gasteiger partial charge in [-0.15, -0.1) is 0 Å². The first-order valence-corrected chi connectivity index (χ1v) is 7.86. The number of rotatable bonds is 8. The maximum absolute atomic E-state index is 12.3. The van der Waals surface area contributed by atoms with E-state index in [-0.39, 0.29) is 12.5 Å². The molecule has 0 radical (unpaired) electrons. The van der Waals surface area contributed by atoms with Crippen molar-refractivity contribution in [3.63, 3.8) is 0 Å². The molecule has 9 heteroatoms. The van der Waals surface area contributed by atoms with Crippen molar-refractivity contribution in [1.29, 1.82) is 0 Å². The fourth-order valence-electron chi connectivity index (χ4n) is 2.39. The highest BCUT2D eigenvalue weighted by atomic mass is 16.6. The molecule has 0 bridgehead atoms. The van der Waals surface area contributed by atoms with E-state index in [1.165, 1.54) is 7.11 Å². The van der Waals surface area contributed by atoms with Crippen molar-refractivity contribution < 1.29 is 23.6 Å². The van der Waals surface area contributed by atoms with E-state index in [2.05, 4.69) is 20.4 Å². The van der Waals surface area contributed by atoms with E-state index in [1.807, 2.05) is 0 Å². The van der Waals surface area contributed by atoms with Crippen LogP contribution in [0.4, 0.5) is 0 Å². The Kier molecular flexibility index (Phi) is 6.29. The largest absolute Gasteiger partial charge is 0.460 e. The van der Waals surface area contributed by atoms with Crippen LogP contribution in [-0.4, -0.2) is 53.9 Å². The van der Waals surface area contributed by atoms with Crippen LogP contribution in [0.15, 0.2) is 4.52 Å². The zero-order chi connectivity index (χ0) is 18.4. The Hall–Kier alpha value is -2.68. The molecule has 2 N–H and O–H groups in total. The Morgan fingerprint density at radius 3 is 2.64 bits per heavy atom. The number of hydrogen-bond donors (Lipinski definition) is 2. The van der Waals surface area contributed by atoms with Crippen molar-refractivity contribution in [3.8, 4) is 0 Å². The van der Waals surface area contributed by atoms with Crippen LogP contribution >= 0.6 is 0 Å². The lowest BCUT2D eigenvalue weighted by Gasteiger charge is -2.05. The van der Waals surface area contributed by atoms with Gasteiger partial charge in [-0.1, -0.05) is 5.16 Å². The maximum atomic E-state index is 12.3. The maximum Gasteiger partial charge on any atom is 0.340 e. The van der Waals surface area contributed by atoms with Crippen LogP contribution in [0.2, 0.25) is 0 Å². The molecule has 2 heterocycles. The fourth-order valence-corrected chi connectivity index (χ4v) is 2.39. The molecule has 25 heavy (non-hydrogen) atoms. The number of ether oxygens (including phenoxy) is 2. The minimum atomic E-state index is -0.483. The lowest BCUT2D eigenvalue weighted by atomic mass is 10.1. The first kappa shape index (κ1) is 18.7. The van der Waals surface area contributed by atoms with Crippen molar-refractivity contribution in [3.05, 3.63) is 34.2 Å². The normalized spacial score (nSPS) is 10.7. The molecule has 2 aromatic heterocycles. The van der Waals surface area contributed by atoms with Gasteiger partial charge < -0.3 is 24.3 Å². The second-order valence-corrected chi connectivity index (χ2v) is 5.49. The van der Waals surface area contributed by atoms with Gasteiger partial charge in [0.2, 0.25) is 5.89 Å². The van der Waals surface area contributed by atoms with Gasteiger partial charge in [-0.25, -0.2) is 4.79 Å². The molecule has 0 spiro atoms. The molecular formula is C16H22N4O5. The smallest absolute Gasteiger partial charge is 0.340 e. The summed E-state index contributed by atoms with van der Waals surface area (Å²) in [5.74, 6) is 0.213. The van der Waals surface area contributed by atoms with Gasteiger partial charge in [0.25, 0.3) is 5.91 Å². The third kappa shape index (κ3) is 4.66. The van der Waals surface area contributed by atoms with E-state index in [1.54, 1.807) is 20.8 Å². The van der Waals surface area contributed by atoms with Gasteiger partial charge in [-0.2, -0.15) is 4.98 Å². The molecule has 2 aromatic rings. The summed E-state index contributed by atoms with van der Waals surface area (Å²) in [4.78, 5) is 31.5. The van der Waals surface area contributed by atoms with Crippen LogP contribution in [0.1, 0.15) is 43.8 Å². The number of nitrogens with one attached hydrogen (secondary N) is 2. The van der Waals surface area contributed by atoms with Crippen LogP contribution in [0.5, 0.6) is 0 Å². The van der Waals surface area contributed by atoms with E-state index in [4.69, 9.17) is 14.0 Å². The third-order valence-electron chi connectivity index (χ3n) is 3.58.